The maximum absolute atomic E-state index is 5.40. The number of rotatable bonds is 3. The van der Waals surface area contributed by atoms with E-state index in [9.17, 15) is 0 Å². The normalized spacial score (nSPS) is 9.85. The van der Waals surface area contributed by atoms with Crippen LogP contribution in [0.1, 0.15) is 0 Å². The third-order valence-electron chi connectivity index (χ3n) is 1.54. The Hall–Kier alpha value is -1.91. The number of aromatic nitrogens is 4. The first-order chi connectivity index (χ1) is 6.45. The van der Waals surface area contributed by atoms with Gasteiger partial charge in [0.15, 0.2) is 5.21 Å². The molecule has 0 aliphatic rings. The second-order valence-corrected chi connectivity index (χ2v) is 2.49. The monoisotopic (exact) mass is 177 g/mol. The predicted octanol–water partition coefficient (Wildman–Crippen LogP) is 0.129. The lowest BCUT2D eigenvalue weighted by atomic mass is 10.3. The number of tetrazole rings is 1. The molecule has 0 atom stereocenters. The molecule has 0 saturated carbocycles. The molecule has 2 rings (SSSR count). The van der Waals surface area contributed by atoms with Gasteiger partial charge in [0.1, 0.15) is 10.8 Å². The fraction of sp³-hybridized carbons (Fsp3) is 0.125. The first kappa shape index (κ1) is 7.72. The van der Waals surface area contributed by atoms with E-state index < -0.39 is 0 Å². The average Bonchev–Trinajstić information content (AvgIpc) is 2.69. The van der Waals surface area contributed by atoms with E-state index in [2.05, 4.69) is 15.5 Å². The van der Waals surface area contributed by atoms with E-state index in [1.54, 1.807) is 11.0 Å². The molecule has 1 N–H and O–H groups in total. The second-order valence-electron chi connectivity index (χ2n) is 2.49. The van der Waals surface area contributed by atoms with Gasteiger partial charge in [0.25, 0.3) is 6.33 Å². The average molecular weight is 177 g/mol. The lowest BCUT2D eigenvalue weighted by Gasteiger charge is -2.01. The maximum atomic E-state index is 5.40. The lowest BCUT2D eigenvalue weighted by Crippen LogP contribution is -2.38. The van der Waals surface area contributed by atoms with Crippen molar-refractivity contribution in [3.8, 4) is 5.75 Å². The molecule has 1 aromatic heterocycles. The Labute approximate surface area is 75.0 Å². The van der Waals surface area contributed by atoms with Crippen LogP contribution in [0.15, 0.2) is 36.7 Å². The molecule has 0 radical (unpaired) electrons. The van der Waals surface area contributed by atoms with Crippen LogP contribution in [0.4, 0.5) is 0 Å². The molecule has 1 aromatic carbocycles. The standard InChI is InChI=1S/C8H8N4O/c1-2-4-8(5-3-1)13-7-12-6-9-10-11-12/h1-6H,7H2/p+1. The third-order valence-corrected chi connectivity index (χ3v) is 1.54. The van der Waals surface area contributed by atoms with Gasteiger partial charge in [0.05, 0.1) is 0 Å². The van der Waals surface area contributed by atoms with Crippen molar-refractivity contribution in [3.05, 3.63) is 36.7 Å². The maximum Gasteiger partial charge on any atom is 0.291 e. The van der Waals surface area contributed by atoms with E-state index in [1.807, 2.05) is 30.3 Å². The van der Waals surface area contributed by atoms with E-state index in [0.29, 0.717) is 6.73 Å². The van der Waals surface area contributed by atoms with Crippen LogP contribution in [0.2, 0.25) is 0 Å². The Morgan fingerprint density at radius 3 is 2.85 bits per heavy atom. The molecule has 0 aliphatic carbocycles. The molecule has 0 bridgehead atoms. The van der Waals surface area contributed by atoms with Crippen molar-refractivity contribution < 1.29 is 9.42 Å². The smallest absolute Gasteiger partial charge is 0.291 e. The summed E-state index contributed by atoms with van der Waals surface area (Å²) in [7, 11) is 0. The van der Waals surface area contributed by atoms with E-state index >= 15 is 0 Å². The van der Waals surface area contributed by atoms with E-state index in [4.69, 9.17) is 4.74 Å². The van der Waals surface area contributed by atoms with Crippen molar-refractivity contribution in [2.75, 3.05) is 0 Å². The summed E-state index contributed by atoms with van der Waals surface area (Å²) in [5.41, 5.74) is 0. The molecular formula is C8H9N4O+. The first-order valence-corrected chi connectivity index (χ1v) is 3.88. The molecule has 1 heterocycles. The molecule has 0 aliphatic heterocycles. The minimum Gasteiger partial charge on any atom is -0.459 e. The fourth-order valence-electron chi connectivity index (χ4n) is 0.920. The van der Waals surface area contributed by atoms with Crippen LogP contribution in [-0.4, -0.2) is 15.5 Å². The first-order valence-electron chi connectivity index (χ1n) is 3.88. The quantitative estimate of drug-likeness (QED) is 0.678. The summed E-state index contributed by atoms with van der Waals surface area (Å²) in [5.74, 6) is 0.824. The largest absolute Gasteiger partial charge is 0.459 e. The van der Waals surface area contributed by atoms with Crippen LogP contribution in [0.25, 0.3) is 0 Å². The third kappa shape index (κ3) is 2.02. The number of hydrogen-bond donors (Lipinski definition) is 1. The Bertz CT molecular complexity index is 346. The molecule has 0 saturated heterocycles. The van der Waals surface area contributed by atoms with E-state index in [0.717, 1.165) is 5.75 Å². The Kier molecular flexibility index (Phi) is 2.18. The molecule has 5 heteroatoms. The topological polar surface area (TPSA) is 54.7 Å². The van der Waals surface area contributed by atoms with Crippen LogP contribution in [-0.2, 0) is 6.73 Å². The summed E-state index contributed by atoms with van der Waals surface area (Å²) in [4.78, 5) is 0. The number of ether oxygens (including phenoxy) is 1. The SMILES string of the molecule is c1ccc(OC[n+]2cnn[nH]2)cc1. The van der Waals surface area contributed by atoms with Gasteiger partial charge >= 0.3 is 0 Å². The van der Waals surface area contributed by atoms with Crippen LogP contribution < -0.4 is 9.42 Å². The van der Waals surface area contributed by atoms with Crippen LogP contribution in [0, 0.1) is 0 Å². The van der Waals surface area contributed by atoms with Gasteiger partial charge in [-0.3, -0.25) is 0 Å². The van der Waals surface area contributed by atoms with Crippen molar-refractivity contribution in [2.45, 2.75) is 6.73 Å². The van der Waals surface area contributed by atoms with Crippen molar-refractivity contribution >= 4 is 0 Å². The summed E-state index contributed by atoms with van der Waals surface area (Å²) in [6, 6.07) is 9.57. The number of benzene rings is 1. The summed E-state index contributed by atoms with van der Waals surface area (Å²) in [6.07, 6.45) is 1.56. The number of H-pyrrole nitrogens is 1. The number of nitrogens with one attached hydrogen (secondary N) is 1. The van der Waals surface area contributed by atoms with Gasteiger partial charge in [0.2, 0.25) is 6.73 Å². The summed E-state index contributed by atoms with van der Waals surface area (Å²) >= 11 is 0. The molecule has 0 fully saturated rings. The highest BCUT2D eigenvalue weighted by atomic mass is 16.5. The zero-order valence-electron chi connectivity index (χ0n) is 6.92. The Morgan fingerprint density at radius 2 is 2.15 bits per heavy atom. The Morgan fingerprint density at radius 1 is 1.31 bits per heavy atom. The molecule has 13 heavy (non-hydrogen) atoms. The minimum atomic E-state index is 0.386. The zero-order chi connectivity index (χ0) is 8.93. The van der Waals surface area contributed by atoms with Gasteiger partial charge in [0, 0.05) is 0 Å². The summed E-state index contributed by atoms with van der Waals surface area (Å²) in [6.45, 7) is 0.386. The second kappa shape index (κ2) is 3.66. The number of para-hydroxylation sites is 1. The van der Waals surface area contributed by atoms with E-state index in [-0.39, 0.29) is 0 Å². The summed E-state index contributed by atoms with van der Waals surface area (Å²) in [5, 5.41) is 9.79. The number of nitrogens with zero attached hydrogens (tertiary/aromatic N) is 3. The Balaban J connectivity index is 1.94. The number of aromatic amines is 1. The molecule has 0 spiro atoms. The molecule has 5 nitrogen and oxygen atoms in total. The van der Waals surface area contributed by atoms with Crippen LogP contribution >= 0.6 is 0 Å². The molecule has 66 valence electrons. The van der Waals surface area contributed by atoms with Gasteiger partial charge in [-0.05, 0) is 12.1 Å². The molecular weight excluding hydrogens is 168 g/mol. The van der Waals surface area contributed by atoms with Crippen molar-refractivity contribution in [1.29, 1.82) is 0 Å². The minimum absolute atomic E-state index is 0.386. The van der Waals surface area contributed by atoms with Crippen molar-refractivity contribution in [3.63, 3.8) is 0 Å². The highest BCUT2D eigenvalue weighted by molar-refractivity contribution is 5.20. The van der Waals surface area contributed by atoms with Gasteiger partial charge in [-0.1, -0.05) is 23.4 Å². The van der Waals surface area contributed by atoms with Crippen molar-refractivity contribution in [1.82, 2.24) is 15.5 Å². The summed E-state index contributed by atoms with van der Waals surface area (Å²) < 4.78 is 7.03. The van der Waals surface area contributed by atoms with Crippen molar-refractivity contribution in [2.24, 2.45) is 0 Å². The molecule has 0 unspecified atom stereocenters. The highest BCUT2D eigenvalue weighted by Crippen LogP contribution is 2.07. The van der Waals surface area contributed by atoms with Crippen LogP contribution in [0.5, 0.6) is 5.75 Å². The van der Waals surface area contributed by atoms with Gasteiger partial charge < -0.3 is 4.74 Å². The predicted molar refractivity (Wildman–Crippen MR) is 43.6 cm³/mol. The van der Waals surface area contributed by atoms with Gasteiger partial charge in [-0.25, -0.2) is 0 Å². The van der Waals surface area contributed by atoms with Crippen LogP contribution in [0.3, 0.4) is 0 Å². The van der Waals surface area contributed by atoms with Gasteiger partial charge in [-0.2, -0.15) is 0 Å². The highest BCUT2D eigenvalue weighted by Gasteiger charge is 1.98. The molecule has 0 amide bonds. The van der Waals surface area contributed by atoms with Gasteiger partial charge in [-0.15, -0.1) is 4.68 Å². The molecule has 2 aromatic rings. The lowest BCUT2D eigenvalue weighted by molar-refractivity contribution is -0.778. The van der Waals surface area contributed by atoms with E-state index in [1.165, 1.54) is 0 Å². The zero-order valence-corrected chi connectivity index (χ0v) is 6.92. The fourth-order valence-corrected chi connectivity index (χ4v) is 0.920. The number of hydrogen-bond acceptors (Lipinski definition) is 3.